The molecule has 2 rings (SSSR count). The number of rotatable bonds is 2. The summed E-state index contributed by atoms with van der Waals surface area (Å²) in [5, 5.41) is 0. The van der Waals surface area contributed by atoms with Gasteiger partial charge in [-0.2, -0.15) is 0 Å². The van der Waals surface area contributed by atoms with E-state index in [0.717, 1.165) is 45.4 Å². The van der Waals surface area contributed by atoms with E-state index in [0.29, 0.717) is 6.04 Å². The van der Waals surface area contributed by atoms with E-state index in [1.807, 2.05) is 6.92 Å². The molecular weight excluding hydrogens is 202 g/mol. The predicted molar refractivity (Wildman–Crippen MR) is 63.0 cm³/mol. The van der Waals surface area contributed by atoms with Crippen molar-refractivity contribution < 1.29 is 9.47 Å². The summed E-state index contributed by atoms with van der Waals surface area (Å²) in [6, 6.07) is 0.638. The van der Waals surface area contributed by atoms with Gasteiger partial charge in [0.2, 0.25) is 0 Å². The molecule has 3 heteroatoms. The van der Waals surface area contributed by atoms with Crippen molar-refractivity contribution in [3.05, 3.63) is 0 Å². The van der Waals surface area contributed by atoms with Crippen molar-refractivity contribution in [3.63, 3.8) is 0 Å². The molecule has 0 atom stereocenters. The van der Waals surface area contributed by atoms with Gasteiger partial charge in [-0.3, -0.25) is 4.90 Å². The third-order valence-electron chi connectivity index (χ3n) is 3.66. The van der Waals surface area contributed by atoms with E-state index >= 15 is 0 Å². The summed E-state index contributed by atoms with van der Waals surface area (Å²) in [5.41, 5.74) is 0. The van der Waals surface area contributed by atoms with Crippen molar-refractivity contribution in [1.29, 1.82) is 0 Å². The highest BCUT2D eigenvalue weighted by Crippen LogP contribution is 2.36. The zero-order valence-corrected chi connectivity index (χ0v) is 10.3. The minimum Gasteiger partial charge on any atom is -0.348 e. The summed E-state index contributed by atoms with van der Waals surface area (Å²) in [5.74, 6) is 5.84. The third-order valence-corrected chi connectivity index (χ3v) is 3.66. The second-order valence-corrected chi connectivity index (χ2v) is 4.68. The Morgan fingerprint density at radius 1 is 1.25 bits per heavy atom. The van der Waals surface area contributed by atoms with Crippen molar-refractivity contribution in [1.82, 2.24) is 4.90 Å². The van der Waals surface area contributed by atoms with Crippen LogP contribution < -0.4 is 0 Å². The zero-order chi connectivity index (χ0) is 11.4. The smallest absolute Gasteiger partial charge is 0.168 e. The standard InChI is InChI=1S/C13H21NO2/c1-3-4-9-14(2)12-5-7-13(8-6-12)15-10-11-16-13/h12H,5-11H2,1-2H3. The van der Waals surface area contributed by atoms with E-state index in [9.17, 15) is 0 Å². The van der Waals surface area contributed by atoms with Gasteiger partial charge in [0.05, 0.1) is 19.8 Å². The Balaban J connectivity index is 1.81. The van der Waals surface area contributed by atoms with E-state index < -0.39 is 0 Å². The normalized spacial score (nSPS) is 24.7. The molecule has 0 amide bonds. The van der Waals surface area contributed by atoms with E-state index in [1.54, 1.807) is 0 Å². The van der Waals surface area contributed by atoms with Gasteiger partial charge in [0.1, 0.15) is 0 Å². The lowest BCUT2D eigenvalue weighted by Crippen LogP contribution is -2.42. The van der Waals surface area contributed by atoms with E-state index in [1.165, 1.54) is 0 Å². The van der Waals surface area contributed by atoms with Gasteiger partial charge in [-0.25, -0.2) is 0 Å². The van der Waals surface area contributed by atoms with Gasteiger partial charge in [0.25, 0.3) is 0 Å². The van der Waals surface area contributed by atoms with Crippen LogP contribution in [0, 0.1) is 11.8 Å². The lowest BCUT2D eigenvalue weighted by Gasteiger charge is -2.38. The van der Waals surface area contributed by atoms with Crippen LogP contribution in [-0.2, 0) is 9.47 Å². The Morgan fingerprint density at radius 3 is 2.44 bits per heavy atom. The summed E-state index contributed by atoms with van der Waals surface area (Å²) >= 11 is 0. The quantitative estimate of drug-likeness (QED) is 0.664. The van der Waals surface area contributed by atoms with Crippen LogP contribution in [0.1, 0.15) is 32.6 Å². The molecule has 2 fully saturated rings. The maximum Gasteiger partial charge on any atom is 0.168 e. The van der Waals surface area contributed by atoms with E-state index in [-0.39, 0.29) is 5.79 Å². The number of hydrogen-bond acceptors (Lipinski definition) is 3. The molecule has 0 aromatic rings. The van der Waals surface area contributed by atoms with Gasteiger partial charge >= 0.3 is 0 Å². The fraction of sp³-hybridized carbons (Fsp3) is 0.846. The highest BCUT2D eigenvalue weighted by Gasteiger charge is 2.40. The van der Waals surface area contributed by atoms with Gasteiger partial charge in [-0.05, 0) is 26.8 Å². The Morgan fingerprint density at radius 2 is 1.88 bits per heavy atom. The summed E-state index contributed by atoms with van der Waals surface area (Å²) in [6.45, 7) is 4.30. The van der Waals surface area contributed by atoms with Crippen LogP contribution in [0.4, 0.5) is 0 Å². The van der Waals surface area contributed by atoms with Crippen molar-refractivity contribution in [2.24, 2.45) is 0 Å². The van der Waals surface area contributed by atoms with Gasteiger partial charge in [0, 0.05) is 18.9 Å². The highest BCUT2D eigenvalue weighted by atomic mass is 16.7. The monoisotopic (exact) mass is 223 g/mol. The SMILES string of the molecule is CC#CCN(C)C1CCC2(CC1)OCCO2. The predicted octanol–water partition coefficient (Wildman–Crippen LogP) is 1.63. The first kappa shape index (κ1) is 11.9. The van der Waals surface area contributed by atoms with Crippen molar-refractivity contribution >= 4 is 0 Å². The molecule has 0 radical (unpaired) electrons. The van der Waals surface area contributed by atoms with E-state index in [4.69, 9.17) is 9.47 Å². The maximum absolute atomic E-state index is 5.72. The molecule has 1 aliphatic carbocycles. The van der Waals surface area contributed by atoms with Crippen molar-refractivity contribution in [3.8, 4) is 11.8 Å². The molecule has 1 spiro atoms. The van der Waals surface area contributed by atoms with Crippen LogP contribution >= 0.6 is 0 Å². The Bertz CT molecular complexity index is 276. The molecule has 1 saturated carbocycles. The molecule has 1 aliphatic heterocycles. The van der Waals surface area contributed by atoms with Crippen molar-refractivity contribution in [2.45, 2.75) is 44.4 Å². The molecule has 2 aliphatic rings. The molecule has 0 aromatic carbocycles. The first-order valence-electron chi connectivity index (χ1n) is 6.13. The first-order valence-corrected chi connectivity index (χ1v) is 6.13. The first-order chi connectivity index (χ1) is 7.76. The molecule has 90 valence electrons. The van der Waals surface area contributed by atoms with Crippen molar-refractivity contribution in [2.75, 3.05) is 26.8 Å². The van der Waals surface area contributed by atoms with Gasteiger partial charge in [-0.1, -0.05) is 5.92 Å². The summed E-state index contributed by atoms with van der Waals surface area (Å²) < 4.78 is 11.4. The summed E-state index contributed by atoms with van der Waals surface area (Å²) in [6.07, 6.45) is 4.37. The molecule has 1 saturated heterocycles. The van der Waals surface area contributed by atoms with Crippen LogP contribution in [0.15, 0.2) is 0 Å². The molecule has 16 heavy (non-hydrogen) atoms. The average molecular weight is 223 g/mol. The summed E-state index contributed by atoms with van der Waals surface area (Å²) in [7, 11) is 2.16. The fourth-order valence-corrected chi connectivity index (χ4v) is 2.60. The molecule has 3 nitrogen and oxygen atoms in total. The largest absolute Gasteiger partial charge is 0.348 e. The molecule has 0 bridgehead atoms. The second kappa shape index (κ2) is 5.18. The molecular formula is C13H21NO2. The van der Waals surface area contributed by atoms with Crippen LogP contribution in [-0.4, -0.2) is 43.5 Å². The molecule has 0 unspecified atom stereocenters. The zero-order valence-electron chi connectivity index (χ0n) is 10.3. The van der Waals surface area contributed by atoms with Crippen LogP contribution in [0.2, 0.25) is 0 Å². The Labute approximate surface area is 98.1 Å². The van der Waals surface area contributed by atoms with Gasteiger partial charge in [-0.15, -0.1) is 5.92 Å². The number of ether oxygens (including phenoxy) is 2. The molecule has 0 N–H and O–H groups in total. The Kier molecular flexibility index (Phi) is 3.86. The molecule has 0 aromatic heterocycles. The average Bonchev–Trinajstić information content (AvgIpc) is 2.75. The lowest BCUT2D eigenvalue weighted by atomic mass is 9.89. The number of nitrogens with zero attached hydrogens (tertiary/aromatic N) is 1. The lowest BCUT2D eigenvalue weighted by molar-refractivity contribution is -0.183. The van der Waals surface area contributed by atoms with Crippen LogP contribution in [0.5, 0.6) is 0 Å². The molecule has 1 heterocycles. The third kappa shape index (κ3) is 2.57. The maximum atomic E-state index is 5.72. The van der Waals surface area contributed by atoms with E-state index in [2.05, 4.69) is 23.8 Å². The minimum absolute atomic E-state index is 0.228. The number of hydrogen-bond donors (Lipinski definition) is 0. The topological polar surface area (TPSA) is 21.7 Å². The fourth-order valence-electron chi connectivity index (χ4n) is 2.60. The highest BCUT2D eigenvalue weighted by molar-refractivity contribution is 4.99. The van der Waals surface area contributed by atoms with Crippen LogP contribution in [0.25, 0.3) is 0 Å². The van der Waals surface area contributed by atoms with Gasteiger partial charge < -0.3 is 9.47 Å². The second-order valence-electron chi connectivity index (χ2n) is 4.68. The van der Waals surface area contributed by atoms with Crippen LogP contribution in [0.3, 0.4) is 0 Å². The van der Waals surface area contributed by atoms with Gasteiger partial charge in [0.15, 0.2) is 5.79 Å². The Hall–Kier alpha value is -0.560. The summed E-state index contributed by atoms with van der Waals surface area (Å²) in [4.78, 5) is 2.35. The minimum atomic E-state index is -0.228.